The maximum absolute atomic E-state index is 12.2. The number of likely N-dealkylation sites (N-methyl/N-ethyl adjacent to an activating group) is 1. The summed E-state index contributed by atoms with van der Waals surface area (Å²) in [5, 5.41) is 2.75. The van der Waals surface area contributed by atoms with Crippen molar-refractivity contribution in [1.29, 1.82) is 0 Å². The summed E-state index contributed by atoms with van der Waals surface area (Å²) in [5.74, 6) is -1.40. The summed E-state index contributed by atoms with van der Waals surface area (Å²) < 4.78 is 0. The lowest BCUT2D eigenvalue weighted by Gasteiger charge is -2.33. The number of nitrogens with one attached hydrogen (secondary N) is 1. The van der Waals surface area contributed by atoms with Gasteiger partial charge in [-0.25, -0.2) is 0 Å². The third-order valence-electron chi connectivity index (χ3n) is 3.83. The highest BCUT2D eigenvalue weighted by atomic mass is 16.2. The summed E-state index contributed by atoms with van der Waals surface area (Å²) in [7, 11) is 3.83. The van der Waals surface area contributed by atoms with Crippen molar-refractivity contribution in [3.8, 4) is 0 Å². The van der Waals surface area contributed by atoms with E-state index in [4.69, 9.17) is 0 Å². The van der Waals surface area contributed by atoms with E-state index in [0.717, 1.165) is 12.1 Å². The highest BCUT2D eigenvalue weighted by Gasteiger charge is 2.33. The molecule has 1 N–H and O–H groups in total. The Hall–Kier alpha value is -2.41. The first-order valence-electron chi connectivity index (χ1n) is 8.01. The molecule has 3 amide bonds. The minimum absolute atomic E-state index is 0.0722. The van der Waals surface area contributed by atoms with Gasteiger partial charge in [-0.15, -0.1) is 0 Å². The fraction of sp³-hybridized carbons (Fsp3) is 0.471. The van der Waals surface area contributed by atoms with Gasteiger partial charge in [-0.1, -0.05) is 30.3 Å². The zero-order chi connectivity index (χ0) is 17.5. The summed E-state index contributed by atoms with van der Waals surface area (Å²) in [5.41, 5.74) is 0.980. The number of carbonyl (C=O) groups is 3. The van der Waals surface area contributed by atoms with Gasteiger partial charge < -0.3 is 20.0 Å². The molecule has 1 saturated heterocycles. The molecule has 2 rings (SSSR count). The lowest BCUT2D eigenvalue weighted by atomic mass is 10.2. The number of piperazine rings is 1. The van der Waals surface area contributed by atoms with Gasteiger partial charge in [0.05, 0.1) is 0 Å². The van der Waals surface area contributed by atoms with E-state index in [1.807, 2.05) is 49.3 Å². The quantitative estimate of drug-likeness (QED) is 0.686. The van der Waals surface area contributed by atoms with E-state index in [2.05, 4.69) is 5.32 Å². The molecular weight excluding hydrogens is 308 g/mol. The molecule has 24 heavy (non-hydrogen) atoms. The van der Waals surface area contributed by atoms with E-state index < -0.39 is 11.8 Å². The molecule has 0 aliphatic carbocycles. The normalized spacial score (nSPS) is 15.1. The summed E-state index contributed by atoms with van der Waals surface area (Å²) in [6.07, 6.45) is 0. The standard InChI is InChI=1S/C17H24N4O3/c1-19(2)9-8-18-15(22)13-21-11-10-20(16(23)17(21)24)12-14-6-4-3-5-7-14/h3-7H,8-13H2,1-2H3,(H,18,22). The molecule has 1 aromatic rings. The van der Waals surface area contributed by atoms with Crippen LogP contribution < -0.4 is 5.32 Å². The molecule has 0 spiro atoms. The minimum atomic E-state index is -0.611. The average Bonchev–Trinajstić information content (AvgIpc) is 2.55. The average molecular weight is 332 g/mol. The largest absolute Gasteiger partial charge is 0.353 e. The molecule has 130 valence electrons. The predicted octanol–water partition coefficient (Wildman–Crippen LogP) is -0.465. The lowest BCUT2D eigenvalue weighted by molar-refractivity contribution is -0.157. The third kappa shape index (κ3) is 5.06. The SMILES string of the molecule is CN(C)CCNC(=O)CN1CCN(Cc2ccccc2)C(=O)C1=O. The topological polar surface area (TPSA) is 73.0 Å². The number of rotatable bonds is 7. The Morgan fingerprint density at radius 3 is 2.38 bits per heavy atom. The zero-order valence-corrected chi connectivity index (χ0v) is 14.2. The highest BCUT2D eigenvalue weighted by Crippen LogP contribution is 2.10. The van der Waals surface area contributed by atoms with E-state index in [1.165, 1.54) is 9.80 Å². The van der Waals surface area contributed by atoms with Crippen molar-refractivity contribution in [1.82, 2.24) is 20.0 Å². The van der Waals surface area contributed by atoms with Crippen molar-refractivity contribution >= 4 is 17.7 Å². The molecule has 0 bridgehead atoms. The maximum Gasteiger partial charge on any atom is 0.312 e. The second-order valence-electron chi connectivity index (χ2n) is 6.09. The Morgan fingerprint density at radius 2 is 1.71 bits per heavy atom. The van der Waals surface area contributed by atoms with Gasteiger partial charge in [0.25, 0.3) is 0 Å². The Bertz CT molecular complexity index is 589. The van der Waals surface area contributed by atoms with Gasteiger partial charge >= 0.3 is 11.8 Å². The molecule has 1 aromatic carbocycles. The molecule has 0 radical (unpaired) electrons. The van der Waals surface area contributed by atoms with E-state index in [1.54, 1.807) is 0 Å². The van der Waals surface area contributed by atoms with Crippen LogP contribution in [-0.2, 0) is 20.9 Å². The fourth-order valence-corrected chi connectivity index (χ4v) is 2.47. The van der Waals surface area contributed by atoms with E-state index >= 15 is 0 Å². The van der Waals surface area contributed by atoms with Crippen molar-refractivity contribution in [3.63, 3.8) is 0 Å². The first-order valence-corrected chi connectivity index (χ1v) is 8.01. The monoisotopic (exact) mass is 332 g/mol. The Morgan fingerprint density at radius 1 is 1.08 bits per heavy atom. The van der Waals surface area contributed by atoms with Crippen LogP contribution in [0.5, 0.6) is 0 Å². The van der Waals surface area contributed by atoms with Crippen LogP contribution in [0.15, 0.2) is 30.3 Å². The van der Waals surface area contributed by atoms with Crippen molar-refractivity contribution in [2.75, 3.05) is 46.8 Å². The Labute approximate surface area is 142 Å². The molecular formula is C17H24N4O3. The summed E-state index contributed by atoms with van der Waals surface area (Å²) in [6.45, 7) is 2.39. The number of nitrogens with zero attached hydrogens (tertiary/aromatic N) is 3. The van der Waals surface area contributed by atoms with Crippen LogP contribution >= 0.6 is 0 Å². The molecule has 1 aliphatic heterocycles. The fourth-order valence-electron chi connectivity index (χ4n) is 2.47. The Kier molecular flexibility index (Phi) is 6.31. The van der Waals surface area contributed by atoms with Crippen LogP contribution in [0.1, 0.15) is 5.56 Å². The van der Waals surface area contributed by atoms with Crippen molar-refractivity contribution in [2.45, 2.75) is 6.54 Å². The maximum atomic E-state index is 12.2. The number of hydrogen-bond donors (Lipinski definition) is 1. The van der Waals surface area contributed by atoms with Gasteiger partial charge in [-0.3, -0.25) is 14.4 Å². The van der Waals surface area contributed by atoms with Crippen molar-refractivity contribution < 1.29 is 14.4 Å². The smallest absolute Gasteiger partial charge is 0.312 e. The zero-order valence-electron chi connectivity index (χ0n) is 14.2. The number of carbonyl (C=O) groups excluding carboxylic acids is 3. The van der Waals surface area contributed by atoms with E-state index in [9.17, 15) is 14.4 Å². The Balaban J connectivity index is 1.83. The number of benzene rings is 1. The molecule has 0 atom stereocenters. The van der Waals surface area contributed by atoms with Crippen LogP contribution in [0.2, 0.25) is 0 Å². The molecule has 0 aromatic heterocycles. The van der Waals surface area contributed by atoms with Gasteiger partial charge in [0.15, 0.2) is 0 Å². The van der Waals surface area contributed by atoms with Crippen LogP contribution in [-0.4, -0.2) is 79.2 Å². The van der Waals surface area contributed by atoms with Crippen molar-refractivity contribution in [3.05, 3.63) is 35.9 Å². The number of hydrogen-bond acceptors (Lipinski definition) is 4. The first kappa shape index (κ1) is 17.9. The minimum Gasteiger partial charge on any atom is -0.353 e. The summed E-state index contributed by atoms with van der Waals surface area (Å²) in [4.78, 5) is 41.1. The van der Waals surface area contributed by atoms with Crippen molar-refractivity contribution in [2.24, 2.45) is 0 Å². The number of amides is 3. The molecule has 1 aliphatic rings. The predicted molar refractivity (Wildman–Crippen MR) is 90.0 cm³/mol. The molecule has 7 heteroatoms. The van der Waals surface area contributed by atoms with E-state index in [-0.39, 0.29) is 12.5 Å². The van der Waals surface area contributed by atoms with Gasteiger partial charge in [-0.2, -0.15) is 0 Å². The summed E-state index contributed by atoms with van der Waals surface area (Å²) in [6, 6.07) is 9.54. The van der Waals surface area contributed by atoms with Crippen LogP contribution in [0.25, 0.3) is 0 Å². The second kappa shape index (κ2) is 8.44. The van der Waals surface area contributed by atoms with Gasteiger partial charge in [-0.05, 0) is 19.7 Å². The molecule has 7 nitrogen and oxygen atoms in total. The molecule has 1 fully saturated rings. The second-order valence-corrected chi connectivity index (χ2v) is 6.09. The van der Waals surface area contributed by atoms with Gasteiger partial charge in [0.2, 0.25) is 5.91 Å². The highest BCUT2D eigenvalue weighted by molar-refractivity contribution is 6.35. The van der Waals surface area contributed by atoms with Gasteiger partial charge in [0.1, 0.15) is 6.54 Å². The van der Waals surface area contributed by atoms with Crippen LogP contribution in [0.3, 0.4) is 0 Å². The lowest BCUT2D eigenvalue weighted by Crippen LogP contribution is -2.56. The van der Waals surface area contributed by atoms with Crippen LogP contribution in [0.4, 0.5) is 0 Å². The van der Waals surface area contributed by atoms with E-state index in [0.29, 0.717) is 26.2 Å². The van der Waals surface area contributed by atoms with Crippen LogP contribution in [0, 0.1) is 0 Å². The summed E-state index contributed by atoms with van der Waals surface area (Å²) >= 11 is 0. The molecule has 1 heterocycles. The molecule has 0 saturated carbocycles. The third-order valence-corrected chi connectivity index (χ3v) is 3.83. The first-order chi connectivity index (χ1) is 11.5. The van der Waals surface area contributed by atoms with Gasteiger partial charge in [0, 0.05) is 32.7 Å². The molecule has 0 unspecified atom stereocenters.